The van der Waals surface area contributed by atoms with Gasteiger partial charge in [-0.2, -0.15) is 0 Å². The van der Waals surface area contributed by atoms with Crippen molar-refractivity contribution in [1.82, 2.24) is 10.1 Å². The molecule has 6 nitrogen and oxygen atoms in total. The zero-order valence-electron chi connectivity index (χ0n) is 10.4. The molecule has 1 aromatic heterocycles. The summed E-state index contributed by atoms with van der Waals surface area (Å²) >= 11 is 0. The van der Waals surface area contributed by atoms with Crippen LogP contribution in [-0.2, 0) is 4.74 Å². The van der Waals surface area contributed by atoms with Gasteiger partial charge in [0.05, 0.1) is 6.10 Å². The number of ether oxygens (including phenoxy) is 1. The molecule has 0 aliphatic carbocycles. The average Bonchev–Trinajstić information content (AvgIpc) is 2.93. The van der Waals surface area contributed by atoms with Crippen molar-refractivity contribution in [2.24, 2.45) is 5.73 Å². The Kier molecular flexibility index (Phi) is 4.72. The van der Waals surface area contributed by atoms with Gasteiger partial charge in [0, 0.05) is 25.8 Å². The van der Waals surface area contributed by atoms with Crippen LogP contribution in [0.4, 0.5) is 0 Å². The van der Waals surface area contributed by atoms with E-state index in [1.165, 1.54) is 6.26 Å². The van der Waals surface area contributed by atoms with E-state index in [4.69, 9.17) is 10.5 Å². The number of aromatic nitrogens is 1. The van der Waals surface area contributed by atoms with Crippen LogP contribution < -0.4 is 5.73 Å². The van der Waals surface area contributed by atoms with Crippen molar-refractivity contribution >= 4 is 5.91 Å². The molecule has 6 heteroatoms. The van der Waals surface area contributed by atoms with Crippen LogP contribution in [0.25, 0.3) is 0 Å². The van der Waals surface area contributed by atoms with Crippen LogP contribution in [0.3, 0.4) is 0 Å². The minimum atomic E-state index is -0.0656. The van der Waals surface area contributed by atoms with Crippen molar-refractivity contribution in [2.75, 3.05) is 26.2 Å². The first-order valence-corrected chi connectivity index (χ1v) is 6.32. The van der Waals surface area contributed by atoms with Crippen LogP contribution in [0.1, 0.15) is 29.8 Å². The summed E-state index contributed by atoms with van der Waals surface area (Å²) in [6, 6.07) is 1.59. The van der Waals surface area contributed by atoms with Gasteiger partial charge in [0.2, 0.25) is 0 Å². The monoisotopic (exact) mass is 253 g/mol. The van der Waals surface area contributed by atoms with Crippen molar-refractivity contribution in [3.63, 3.8) is 0 Å². The molecule has 0 unspecified atom stereocenters. The molecule has 1 aliphatic rings. The summed E-state index contributed by atoms with van der Waals surface area (Å²) in [6.45, 7) is 2.78. The van der Waals surface area contributed by atoms with Gasteiger partial charge in [-0.3, -0.25) is 4.79 Å². The molecule has 100 valence electrons. The van der Waals surface area contributed by atoms with Crippen LogP contribution in [0.15, 0.2) is 16.9 Å². The Morgan fingerprint density at radius 3 is 2.94 bits per heavy atom. The van der Waals surface area contributed by atoms with Gasteiger partial charge in [-0.15, -0.1) is 0 Å². The fraction of sp³-hybridized carbons (Fsp3) is 0.667. The predicted octanol–water partition coefficient (Wildman–Crippen LogP) is 0.645. The lowest BCUT2D eigenvalue weighted by molar-refractivity contribution is 0.00820. The Morgan fingerprint density at radius 1 is 1.56 bits per heavy atom. The van der Waals surface area contributed by atoms with E-state index >= 15 is 0 Å². The molecule has 0 atom stereocenters. The number of nitrogens with zero attached hydrogens (tertiary/aromatic N) is 2. The van der Waals surface area contributed by atoms with Gasteiger partial charge in [-0.1, -0.05) is 5.16 Å². The van der Waals surface area contributed by atoms with E-state index in [1.54, 1.807) is 11.0 Å². The maximum Gasteiger partial charge on any atom is 0.276 e. The molecule has 0 spiro atoms. The van der Waals surface area contributed by atoms with Gasteiger partial charge in [-0.05, 0) is 25.8 Å². The number of piperidine rings is 1. The second kappa shape index (κ2) is 6.51. The van der Waals surface area contributed by atoms with E-state index < -0.39 is 0 Å². The van der Waals surface area contributed by atoms with Crippen molar-refractivity contribution in [1.29, 1.82) is 0 Å². The Labute approximate surface area is 106 Å². The van der Waals surface area contributed by atoms with Gasteiger partial charge in [0.1, 0.15) is 6.26 Å². The molecule has 1 saturated heterocycles. The number of carbonyl (C=O) groups excluding carboxylic acids is 1. The van der Waals surface area contributed by atoms with E-state index in [2.05, 4.69) is 9.68 Å². The standard InChI is InChI=1S/C12H19N3O3/c13-5-1-8-17-10-2-6-15(7-3-10)12(16)11-4-9-18-14-11/h4,9-10H,1-3,5-8,13H2. The summed E-state index contributed by atoms with van der Waals surface area (Å²) in [4.78, 5) is 13.8. The summed E-state index contributed by atoms with van der Waals surface area (Å²) < 4.78 is 10.4. The van der Waals surface area contributed by atoms with Crippen LogP contribution in [0.2, 0.25) is 0 Å². The largest absolute Gasteiger partial charge is 0.378 e. The highest BCUT2D eigenvalue weighted by molar-refractivity contribution is 5.92. The zero-order chi connectivity index (χ0) is 12.8. The summed E-state index contributed by atoms with van der Waals surface area (Å²) in [6.07, 6.45) is 4.29. The van der Waals surface area contributed by atoms with Crippen LogP contribution in [0, 0.1) is 0 Å². The number of hydrogen-bond donors (Lipinski definition) is 1. The first-order valence-electron chi connectivity index (χ1n) is 6.32. The van der Waals surface area contributed by atoms with Crippen molar-refractivity contribution in [3.8, 4) is 0 Å². The topological polar surface area (TPSA) is 81.6 Å². The number of likely N-dealkylation sites (tertiary alicyclic amines) is 1. The lowest BCUT2D eigenvalue weighted by Gasteiger charge is -2.31. The molecule has 1 aromatic rings. The van der Waals surface area contributed by atoms with Crippen molar-refractivity contribution in [3.05, 3.63) is 18.0 Å². The molecular weight excluding hydrogens is 234 g/mol. The summed E-state index contributed by atoms with van der Waals surface area (Å²) in [5.41, 5.74) is 5.78. The Hall–Kier alpha value is -1.40. The Balaban J connectivity index is 1.75. The number of rotatable bonds is 5. The lowest BCUT2D eigenvalue weighted by atomic mass is 10.1. The lowest BCUT2D eigenvalue weighted by Crippen LogP contribution is -2.41. The number of hydrogen-bond acceptors (Lipinski definition) is 5. The molecule has 1 amide bonds. The average molecular weight is 253 g/mol. The van der Waals surface area contributed by atoms with Gasteiger partial charge in [0.15, 0.2) is 5.69 Å². The molecule has 2 rings (SSSR count). The fourth-order valence-corrected chi connectivity index (χ4v) is 2.04. The van der Waals surface area contributed by atoms with Crippen LogP contribution >= 0.6 is 0 Å². The highest BCUT2D eigenvalue weighted by atomic mass is 16.5. The normalized spacial score (nSPS) is 17.1. The third-order valence-corrected chi connectivity index (χ3v) is 3.09. The molecule has 0 aromatic carbocycles. The van der Waals surface area contributed by atoms with Crippen LogP contribution in [-0.4, -0.2) is 48.3 Å². The smallest absolute Gasteiger partial charge is 0.276 e. The SMILES string of the molecule is NCCCOC1CCN(C(=O)c2ccon2)CC1. The summed E-state index contributed by atoms with van der Waals surface area (Å²) in [5.74, 6) is -0.0656. The first-order chi connectivity index (χ1) is 8.81. The third kappa shape index (κ3) is 3.30. The maximum atomic E-state index is 12.0. The van der Waals surface area contributed by atoms with Gasteiger partial charge in [-0.25, -0.2) is 0 Å². The maximum absolute atomic E-state index is 12.0. The second-order valence-electron chi connectivity index (χ2n) is 4.39. The molecule has 1 fully saturated rings. The number of carbonyl (C=O) groups is 1. The van der Waals surface area contributed by atoms with Crippen molar-refractivity contribution in [2.45, 2.75) is 25.4 Å². The zero-order valence-corrected chi connectivity index (χ0v) is 10.4. The molecule has 1 aliphatic heterocycles. The minimum Gasteiger partial charge on any atom is -0.378 e. The predicted molar refractivity (Wildman–Crippen MR) is 65.1 cm³/mol. The molecule has 2 heterocycles. The van der Waals surface area contributed by atoms with E-state index in [0.717, 1.165) is 19.3 Å². The molecular formula is C12H19N3O3. The third-order valence-electron chi connectivity index (χ3n) is 3.09. The molecule has 18 heavy (non-hydrogen) atoms. The molecule has 0 bridgehead atoms. The van der Waals surface area contributed by atoms with E-state index in [9.17, 15) is 4.79 Å². The van der Waals surface area contributed by atoms with Gasteiger partial charge >= 0.3 is 0 Å². The van der Waals surface area contributed by atoms with E-state index in [0.29, 0.717) is 31.9 Å². The van der Waals surface area contributed by atoms with E-state index in [1.807, 2.05) is 0 Å². The minimum absolute atomic E-state index is 0.0656. The quantitative estimate of drug-likeness (QED) is 0.779. The second-order valence-corrected chi connectivity index (χ2v) is 4.39. The molecule has 0 saturated carbocycles. The summed E-state index contributed by atoms with van der Waals surface area (Å²) in [7, 11) is 0. The Morgan fingerprint density at radius 2 is 2.33 bits per heavy atom. The molecule has 2 N–H and O–H groups in total. The van der Waals surface area contributed by atoms with Crippen molar-refractivity contribution < 1.29 is 14.1 Å². The van der Waals surface area contributed by atoms with Gasteiger partial charge < -0.3 is 19.9 Å². The summed E-state index contributed by atoms with van der Waals surface area (Å²) in [5, 5.41) is 3.66. The molecule has 0 radical (unpaired) electrons. The first kappa shape index (κ1) is 13.0. The van der Waals surface area contributed by atoms with Gasteiger partial charge in [0.25, 0.3) is 5.91 Å². The van der Waals surface area contributed by atoms with E-state index in [-0.39, 0.29) is 12.0 Å². The number of amides is 1. The Bertz CT molecular complexity index is 359. The highest BCUT2D eigenvalue weighted by Gasteiger charge is 2.25. The number of nitrogens with two attached hydrogens (primary N) is 1. The highest BCUT2D eigenvalue weighted by Crippen LogP contribution is 2.15. The fourth-order valence-electron chi connectivity index (χ4n) is 2.04. The van der Waals surface area contributed by atoms with Crippen LogP contribution in [0.5, 0.6) is 0 Å².